The Hall–Kier alpha value is -2.10. The van der Waals surface area contributed by atoms with Gasteiger partial charge in [0.05, 0.1) is 0 Å². The summed E-state index contributed by atoms with van der Waals surface area (Å²) < 4.78 is 0. The van der Waals surface area contributed by atoms with E-state index < -0.39 is 5.97 Å². The maximum absolute atomic E-state index is 12.0. The number of hydrogen-bond donors (Lipinski definition) is 2. The highest BCUT2D eigenvalue weighted by molar-refractivity contribution is 5.92. The molecule has 0 spiro atoms. The van der Waals surface area contributed by atoms with Crippen LogP contribution in [0.15, 0.2) is 24.3 Å². The predicted molar refractivity (Wildman–Crippen MR) is 85.2 cm³/mol. The number of aliphatic carboxylic acids is 1. The van der Waals surface area contributed by atoms with Gasteiger partial charge in [0.15, 0.2) is 0 Å². The van der Waals surface area contributed by atoms with Gasteiger partial charge in [-0.15, -0.1) is 0 Å². The molecule has 1 rings (SSSR count). The Morgan fingerprint density at radius 2 is 1.95 bits per heavy atom. The lowest BCUT2D eigenvalue weighted by Gasteiger charge is -2.18. The summed E-state index contributed by atoms with van der Waals surface area (Å²) in [6.07, 6.45) is 3.87. The zero-order valence-electron chi connectivity index (χ0n) is 13.1. The van der Waals surface area contributed by atoms with Gasteiger partial charge in [0.25, 0.3) is 0 Å². The molecular weight excluding hydrogens is 266 g/mol. The van der Waals surface area contributed by atoms with Crippen LogP contribution in [0, 0.1) is 5.41 Å². The van der Waals surface area contributed by atoms with Crippen LogP contribution < -0.4 is 5.32 Å². The number of carboxylic acids is 1. The molecule has 0 saturated heterocycles. The molecule has 1 aromatic carbocycles. The molecule has 0 aliphatic rings. The molecule has 114 valence electrons. The van der Waals surface area contributed by atoms with E-state index in [0.29, 0.717) is 6.42 Å². The minimum Gasteiger partial charge on any atom is -0.478 e. The number of nitrogens with one attached hydrogen (secondary N) is 1. The number of benzene rings is 1. The Labute approximate surface area is 125 Å². The van der Waals surface area contributed by atoms with E-state index in [2.05, 4.69) is 5.32 Å². The van der Waals surface area contributed by atoms with E-state index in [0.717, 1.165) is 29.3 Å². The van der Waals surface area contributed by atoms with Gasteiger partial charge in [0.2, 0.25) is 5.91 Å². The third-order valence-corrected chi connectivity index (χ3v) is 2.89. The highest BCUT2D eigenvalue weighted by atomic mass is 16.4. The second-order valence-electron chi connectivity index (χ2n) is 6.23. The number of rotatable bonds is 5. The molecule has 0 aliphatic carbocycles. The normalized spacial score (nSPS) is 11.6. The van der Waals surface area contributed by atoms with Crippen LogP contribution in [-0.2, 0) is 16.0 Å². The number of carbonyl (C=O) groups excluding carboxylic acids is 1. The lowest BCUT2D eigenvalue weighted by Crippen LogP contribution is -2.20. The number of hydrogen-bond acceptors (Lipinski definition) is 2. The molecule has 0 atom stereocenters. The molecule has 0 aliphatic heterocycles. The van der Waals surface area contributed by atoms with Crippen molar-refractivity contribution in [1.82, 2.24) is 0 Å². The zero-order chi connectivity index (χ0) is 16.0. The molecule has 0 fully saturated rings. The van der Waals surface area contributed by atoms with Gasteiger partial charge in [-0.1, -0.05) is 33.8 Å². The zero-order valence-corrected chi connectivity index (χ0v) is 13.1. The Morgan fingerprint density at radius 1 is 1.29 bits per heavy atom. The average Bonchev–Trinajstić information content (AvgIpc) is 2.35. The summed E-state index contributed by atoms with van der Waals surface area (Å²) in [5, 5.41) is 11.6. The SMILES string of the molecule is CCc1cc(/C=C/C(=O)O)ccc1NC(=O)CC(C)(C)C. The molecule has 1 aromatic rings. The largest absolute Gasteiger partial charge is 0.478 e. The Bertz CT molecular complexity index is 554. The summed E-state index contributed by atoms with van der Waals surface area (Å²) >= 11 is 0. The fourth-order valence-corrected chi connectivity index (χ4v) is 1.98. The second-order valence-corrected chi connectivity index (χ2v) is 6.23. The molecule has 0 bridgehead atoms. The van der Waals surface area contributed by atoms with Gasteiger partial charge in [-0.3, -0.25) is 4.79 Å². The van der Waals surface area contributed by atoms with Gasteiger partial charge in [0.1, 0.15) is 0 Å². The van der Waals surface area contributed by atoms with E-state index in [1.165, 1.54) is 0 Å². The topological polar surface area (TPSA) is 66.4 Å². The quantitative estimate of drug-likeness (QED) is 0.812. The highest BCUT2D eigenvalue weighted by Crippen LogP contribution is 2.23. The standard InChI is InChI=1S/C17H23NO3/c1-5-13-10-12(7-9-16(20)21)6-8-14(13)18-15(19)11-17(2,3)4/h6-10H,5,11H2,1-4H3,(H,18,19)(H,20,21)/b9-7+. The predicted octanol–water partition coefficient (Wildman–Crippen LogP) is 3.72. The summed E-state index contributed by atoms with van der Waals surface area (Å²) in [6.45, 7) is 8.06. The molecule has 0 radical (unpaired) electrons. The third kappa shape index (κ3) is 6.25. The van der Waals surface area contributed by atoms with Crippen LogP contribution in [0.4, 0.5) is 5.69 Å². The molecule has 4 heteroatoms. The van der Waals surface area contributed by atoms with Crippen molar-refractivity contribution in [1.29, 1.82) is 0 Å². The molecular formula is C17H23NO3. The minimum absolute atomic E-state index is 0.00831. The summed E-state index contributed by atoms with van der Waals surface area (Å²) in [4.78, 5) is 22.5. The van der Waals surface area contributed by atoms with Crippen molar-refractivity contribution >= 4 is 23.6 Å². The first-order chi connectivity index (χ1) is 9.71. The molecule has 0 saturated carbocycles. The van der Waals surface area contributed by atoms with Gasteiger partial charge in [0, 0.05) is 18.2 Å². The van der Waals surface area contributed by atoms with Gasteiger partial charge >= 0.3 is 5.97 Å². The van der Waals surface area contributed by atoms with Crippen molar-refractivity contribution in [3.05, 3.63) is 35.4 Å². The fraction of sp³-hybridized carbons (Fsp3) is 0.412. The maximum atomic E-state index is 12.0. The van der Waals surface area contributed by atoms with Gasteiger partial charge in [-0.2, -0.15) is 0 Å². The van der Waals surface area contributed by atoms with E-state index in [9.17, 15) is 9.59 Å². The van der Waals surface area contributed by atoms with Gasteiger partial charge in [-0.25, -0.2) is 4.79 Å². The molecule has 21 heavy (non-hydrogen) atoms. The van der Waals surface area contributed by atoms with Crippen LogP contribution in [0.5, 0.6) is 0 Å². The number of aryl methyl sites for hydroxylation is 1. The van der Waals surface area contributed by atoms with Crippen molar-refractivity contribution < 1.29 is 14.7 Å². The lowest BCUT2D eigenvalue weighted by atomic mass is 9.92. The van der Waals surface area contributed by atoms with Crippen molar-refractivity contribution in [2.45, 2.75) is 40.5 Å². The van der Waals surface area contributed by atoms with Crippen molar-refractivity contribution in [3.63, 3.8) is 0 Å². The van der Waals surface area contributed by atoms with E-state index in [1.54, 1.807) is 12.1 Å². The van der Waals surface area contributed by atoms with Crippen LogP contribution in [0.1, 0.15) is 45.2 Å². The Balaban J connectivity index is 2.89. The van der Waals surface area contributed by atoms with Crippen molar-refractivity contribution in [2.75, 3.05) is 5.32 Å². The number of amides is 1. The van der Waals surface area contributed by atoms with E-state index in [4.69, 9.17) is 5.11 Å². The van der Waals surface area contributed by atoms with Crippen LogP contribution >= 0.6 is 0 Å². The number of anilines is 1. The fourth-order valence-electron chi connectivity index (χ4n) is 1.98. The van der Waals surface area contributed by atoms with Crippen LogP contribution in [0.2, 0.25) is 0 Å². The van der Waals surface area contributed by atoms with Crippen LogP contribution in [0.25, 0.3) is 6.08 Å². The van der Waals surface area contributed by atoms with Crippen molar-refractivity contribution in [3.8, 4) is 0 Å². The highest BCUT2D eigenvalue weighted by Gasteiger charge is 2.16. The molecule has 4 nitrogen and oxygen atoms in total. The minimum atomic E-state index is -0.976. The second kappa shape index (κ2) is 7.07. The van der Waals surface area contributed by atoms with E-state index in [-0.39, 0.29) is 11.3 Å². The van der Waals surface area contributed by atoms with E-state index >= 15 is 0 Å². The van der Waals surface area contributed by atoms with Crippen LogP contribution in [-0.4, -0.2) is 17.0 Å². The smallest absolute Gasteiger partial charge is 0.328 e. The molecule has 0 unspecified atom stereocenters. The Morgan fingerprint density at radius 3 is 2.48 bits per heavy atom. The summed E-state index contributed by atoms with van der Waals surface area (Å²) in [6, 6.07) is 5.51. The molecule has 2 N–H and O–H groups in total. The monoisotopic (exact) mass is 289 g/mol. The number of carboxylic acid groups (broad SMARTS) is 1. The summed E-state index contributed by atoms with van der Waals surface area (Å²) in [5.74, 6) is -0.985. The first kappa shape index (κ1) is 17.0. The summed E-state index contributed by atoms with van der Waals surface area (Å²) in [5.41, 5.74) is 2.53. The first-order valence-electron chi connectivity index (χ1n) is 7.05. The molecule has 1 amide bonds. The first-order valence-corrected chi connectivity index (χ1v) is 7.05. The van der Waals surface area contributed by atoms with E-state index in [1.807, 2.05) is 39.8 Å². The third-order valence-electron chi connectivity index (χ3n) is 2.89. The molecule has 0 aromatic heterocycles. The average molecular weight is 289 g/mol. The van der Waals surface area contributed by atoms with Crippen molar-refractivity contribution in [2.24, 2.45) is 5.41 Å². The van der Waals surface area contributed by atoms with Gasteiger partial charge < -0.3 is 10.4 Å². The lowest BCUT2D eigenvalue weighted by molar-refractivity contribution is -0.131. The number of carbonyl (C=O) groups is 2. The van der Waals surface area contributed by atoms with Gasteiger partial charge in [-0.05, 0) is 41.2 Å². The Kier molecular flexibility index (Phi) is 5.70. The van der Waals surface area contributed by atoms with Crippen LogP contribution in [0.3, 0.4) is 0 Å². The summed E-state index contributed by atoms with van der Waals surface area (Å²) in [7, 11) is 0. The molecule has 0 heterocycles. The maximum Gasteiger partial charge on any atom is 0.328 e.